The lowest BCUT2D eigenvalue weighted by atomic mass is 9.73. The number of rotatable bonds is 5. The molecule has 0 saturated carbocycles. The number of allylic oxidation sites excluding steroid dienone is 18. The first-order valence-corrected chi connectivity index (χ1v) is 22.3. The maximum Gasteiger partial charge on any atom is 0.0602 e. The minimum absolute atomic E-state index is 0.209. The van der Waals surface area contributed by atoms with Crippen molar-refractivity contribution in [3.63, 3.8) is 0 Å². The van der Waals surface area contributed by atoms with Crippen LogP contribution in [-0.2, 0) is 6.42 Å². The van der Waals surface area contributed by atoms with Crippen molar-refractivity contribution >= 4 is 28.8 Å². The highest BCUT2D eigenvalue weighted by atomic mass is 32.2. The highest BCUT2D eigenvalue weighted by Gasteiger charge is 2.34. The van der Waals surface area contributed by atoms with Crippen LogP contribution in [-0.4, -0.2) is 11.9 Å². The SMILES string of the molecule is C=C1/C=C\C=C(\c2ccc3c(c2)Sc2ccccc2N3C2=CC=CC=C=C2)N(C)C2=CC=C3C=CC=CC3C12.C=CCc1ccc(C2C=CCCC2)cc1.Cc1ccccc1. The van der Waals surface area contributed by atoms with Gasteiger partial charge in [0.25, 0.3) is 0 Å². The zero-order valence-corrected chi connectivity index (χ0v) is 36.1. The zero-order chi connectivity index (χ0) is 42.0. The molecule has 0 saturated heterocycles. The summed E-state index contributed by atoms with van der Waals surface area (Å²) in [6, 6.07) is 34.7. The number of aryl methyl sites for hydroxylation is 1. The second-order valence-electron chi connectivity index (χ2n) is 15.9. The molecule has 0 aromatic heterocycles. The van der Waals surface area contributed by atoms with Crippen LogP contribution >= 0.6 is 11.8 Å². The Labute approximate surface area is 368 Å². The fraction of sp³-hybridized carbons (Fsp3) is 0.155. The maximum absolute atomic E-state index is 4.46. The molecule has 2 nitrogen and oxygen atoms in total. The van der Waals surface area contributed by atoms with E-state index in [1.54, 1.807) is 0 Å². The molecule has 0 amide bonds. The van der Waals surface area contributed by atoms with E-state index in [0.717, 1.165) is 17.7 Å². The zero-order valence-electron chi connectivity index (χ0n) is 35.3. The summed E-state index contributed by atoms with van der Waals surface area (Å²) < 4.78 is 0. The van der Waals surface area contributed by atoms with Crippen LogP contribution in [0, 0.1) is 18.8 Å². The highest BCUT2D eigenvalue weighted by Crippen LogP contribution is 2.51. The smallest absolute Gasteiger partial charge is 0.0602 e. The lowest BCUT2D eigenvalue weighted by molar-refractivity contribution is 0.451. The fourth-order valence-electron chi connectivity index (χ4n) is 8.63. The third kappa shape index (κ3) is 9.61. The summed E-state index contributed by atoms with van der Waals surface area (Å²) in [5.74, 6) is 1.17. The quantitative estimate of drug-likeness (QED) is 0.146. The minimum Gasteiger partial charge on any atom is -0.347 e. The van der Waals surface area contributed by atoms with Gasteiger partial charge in [-0.05, 0) is 109 Å². The minimum atomic E-state index is 0.209. The monoisotopic (exact) mass is 810 g/mol. The number of benzene rings is 4. The number of hydrogen-bond acceptors (Lipinski definition) is 3. The standard InChI is InChI=1S/C36H28N2S.C15H18.C7H8/c1-25-12-11-18-30(37(2)33-23-20-26-13-7-8-16-29(26)36(25)33)27-21-22-32-35(24-27)39-34-19-10-9-17-31(34)38(32)28-14-5-3-4-6-15-28;1-2-6-13-9-11-15(12-10-13)14-7-4-3-5-8-14;1-7-5-3-2-4-6-7/h3-5,7-24,29,36H,1H2,2H3;2,4,7,9-12,14H,1,3,5-6,8H2;2-6H,1H3/b12-11-,30-18-;;. The normalized spacial score (nSPS) is 21.7. The van der Waals surface area contributed by atoms with E-state index in [1.165, 1.54) is 79.6 Å². The van der Waals surface area contributed by atoms with E-state index in [1.807, 2.05) is 48.2 Å². The lowest BCUT2D eigenvalue weighted by Crippen LogP contribution is -2.31. The van der Waals surface area contributed by atoms with E-state index in [0.29, 0.717) is 11.8 Å². The van der Waals surface area contributed by atoms with Gasteiger partial charge in [-0.1, -0.05) is 170 Å². The Kier molecular flexibility index (Phi) is 13.3. The van der Waals surface area contributed by atoms with Gasteiger partial charge in [0.2, 0.25) is 0 Å². The summed E-state index contributed by atoms with van der Waals surface area (Å²) >= 11 is 1.83. The van der Waals surface area contributed by atoms with Gasteiger partial charge in [0, 0.05) is 52.1 Å². The molecule has 3 atom stereocenters. The molecule has 4 aromatic rings. The molecule has 4 aromatic carbocycles. The van der Waals surface area contributed by atoms with Crippen LogP contribution < -0.4 is 4.90 Å². The van der Waals surface area contributed by atoms with Crippen LogP contribution in [0.1, 0.15) is 47.4 Å². The predicted octanol–water partition coefficient (Wildman–Crippen LogP) is 15.3. The summed E-state index contributed by atoms with van der Waals surface area (Å²) in [6.45, 7) is 10.3. The van der Waals surface area contributed by atoms with Gasteiger partial charge in [0.15, 0.2) is 0 Å². The van der Waals surface area contributed by atoms with Crippen molar-refractivity contribution in [2.75, 3.05) is 11.9 Å². The molecule has 3 heteroatoms. The van der Waals surface area contributed by atoms with Gasteiger partial charge in [-0.3, -0.25) is 0 Å². The van der Waals surface area contributed by atoms with Crippen molar-refractivity contribution < 1.29 is 0 Å². The third-order valence-electron chi connectivity index (χ3n) is 11.8. The van der Waals surface area contributed by atoms with Gasteiger partial charge in [-0.15, -0.1) is 12.3 Å². The summed E-state index contributed by atoms with van der Waals surface area (Å²) in [5.41, 5.74) is 17.0. The second kappa shape index (κ2) is 19.7. The van der Waals surface area contributed by atoms with Crippen LogP contribution in [0.15, 0.2) is 252 Å². The van der Waals surface area contributed by atoms with E-state index in [-0.39, 0.29) is 5.92 Å². The van der Waals surface area contributed by atoms with Gasteiger partial charge in [0.1, 0.15) is 0 Å². The first-order valence-electron chi connectivity index (χ1n) is 21.4. The Bertz CT molecular complexity index is 2610. The third-order valence-corrected chi connectivity index (χ3v) is 12.9. The molecule has 10 rings (SSSR count). The van der Waals surface area contributed by atoms with Crippen LogP contribution in [0.5, 0.6) is 0 Å². The maximum atomic E-state index is 4.46. The van der Waals surface area contributed by atoms with Crippen LogP contribution in [0.25, 0.3) is 5.70 Å². The second-order valence-corrected chi connectivity index (χ2v) is 17.0. The molecular formula is C58H54N2S. The van der Waals surface area contributed by atoms with Crippen molar-refractivity contribution in [3.05, 3.63) is 264 Å². The Morgan fingerprint density at radius 2 is 1.61 bits per heavy atom. The summed E-state index contributed by atoms with van der Waals surface area (Å²) in [7, 11) is 2.19. The molecule has 2 heterocycles. The molecule has 0 fully saturated rings. The van der Waals surface area contributed by atoms with E-state index in [9.17, 15) is 0 Å². The van der Waals surface area contributed by atoms with Crippen LogP contribution in [0.2, 0.25) is 0 Å². The molecule has 6 aliphatic rings. The topological polar surface area (TPSA) is 6.48 Å². The van der Waals surface area contributed by atoms with E-state index >= 15 is 0 Å². The van der Waals surface area contributed by atoms with E-state index in [2.05, 4.69) is 207 Å². The van der Waals surface area contributed by atoms with E-state index < -0.39 is 0 Å². The summed E-state index contributed by atoms with van der Waals surface area (Å²) in [5, 5.41) is 0. The number of hydrogen-bond donors (Lipinski definition) is 0. The molecule has 61 heavy (non-hydrogen) atoms. The van der Waals surface area contributed by atoms with Crippen LogP contribution in [0.4, 0.5) is 11.4 Å². The molecule has 0 bridgehead atoms. The first-order chi connectivity index (χ1) is 30.0. The molecule has 4 aliphatic carbocycles. The number of nitrogens with zero attached hydrogens (tertiary/aromatic N) is 2. The van der Waals surface area contributed by atoms with Crippen molar-refractivity contribution in [2.24, 2.45) is 11.8 Å². The molecule has 2 aliphatic heterocycles. The van der Waals surface area contributed by atoms with Crippen molar-refractivity contribution in [3.8, 4) is 0 Å². The Balaban J connectivity index is 0.000000191. The van der Waals surface area contributed by atoms with Crippen molar-refractivity contribution in [2.45, 2.75) is 48.3 Å². The average molecular weight is 811 g/mol. The molecule has 0 N–H and O–H groups in total. The summed E-state index contributed by atoms with van der Waals surface area (Å²) in [4.78, 5) is 7.18. The van der Waals surface area contributed by atoms with Gasteiger partial charge in [-0.2, -0.15) is 0 Å². The van der Waals surface area contributed by atoms with Gasteiger partial charge < -0.3 is 9.80 Å². The van der Waals surface area contributed by atoms with Gasteiger partial charge >= 0.3 is 0 Å². The number of para-hydroxylation sites is 1. The number of anilines is 2. The molecule has 302 valence electrons. The molecular weight excluding hydrogens is 757 g/mol. The Hall–Kier alpha value is -6.51. The summed E-state index contributed by atoms with van der Waals surface area (Å²) in [6.07, 6.45) is 41.6. The average Bonchev–Trinajstić information content (AvgIpc) is 3.59. The Morgan fingerprint density at radius 3 is 2.39 bits per heavy atom. The van der Waals surface area contributed by atoms with E-state index in [4.69, 9.17) is 0 Å². The first kappa shape index (κ1) is 41.2. The van der Waals surface area contributed by atoms with Crippen molar-refractivity contribution in [1.82, 2.24) is 4.90 Å². The fourth-order valence-corrected chi connectivity index (χ4v) is 9.73. The number of fused-ring (bicyclic) bond motifs is 5. The molecule has 0 spiro atoms. The highest BCUT2D eigenvalue weighted by molar-refractivity contribution is 7.99. The Morgan fingerprint density at radius 1 is 0.787 bits per heavy atom. The molecule has 3 unspecified atom stereocenters. The molecule has 0 radical (unpaired) electrons. The largest absolute Gasteiger partial charge is 0.347 e. The lowest BCUT2D eigenvalue weighted by Gasteiger charge is -2.39. The van der Waals surface area contributed by atoms with Gasteiger partial charge in [0.05, 0.1) is 17.1 Å². The predicted molar refractivity (Wildman–Crippen MR) is 262 cm³/mol. The van der Waals surface area contributed by atoms with Crippen LogP contribution in [0.3, 0.4) is 0 Å². The van der Waals surface area contributed by atoms with Crippen molar-refractivity contribution in [1.29, 1.82) is 0 Å². The van der Waals surface area contributed by atoms with Gasteiger partial charge in [-0.25, -0.2) is 0 Å².